The van der Waals surface area contributed by atoms with E-state index in [0.717, 1.165) is 49.3 Å². The molecule has 2 saturated heterocycles. The summed E-state index contributed by atoms with van der Waals surface area (Å²) in [5.41, 5.74) is 3.40. The lowest BCUT2D eigenvalue weighted by Gasteiger charge is -2.41. The highest BCUT2D eigenvalue weighted by Gasteiger charge is 2.42. The molecule has 36 heavy (non-hydrogen) atoms. The Morgan fingerprint density at radius 2 is 1.81 bits per heavy atom. The number of fused-ring (bicyclic) bond motifs is 3. The van der Waals surface area contributed by atoms with Gasteiger partial charge in [0.2, 0.25) is 0 Å². The Morgan fingerprint density at radius 1 is 1.08 bits per heavy atom. The summed E-state index contributed by atoms with van der Waals surface area (Å²) in [5, 5.41) is 3.02. The third kappa shape index (κ3) is 4.81. The van der Waals surface area contributed by atoms with E-state index in [1.807, 2.05) is 18.2 Å². The van der Waals surface area contributed by atoms with Crippen molar-refractivity contribution in [2.24, 2.45) is 0 Å². The van der Waals surface area contributed by atoms with Crippen LogP contribution in [0.5, 0.6) is 0 Å². The number of imidazole rings is 1. The Kier molecular flexibility index (Phi) is 7.18. The molecule has 2 amide bonds. The molecule has 0 aliphatic carbocycles. The van der Waals surface area contributed by atoms with Gasteiger partial charge in [-0.25, -0.2) is 14.6 Å². The van der Waals surface area contributed by atoms with Crippen molar-refractivity contribution in [3.05, 3.63) is 53.1 Å². The summed E-state index contributed by atoms with van der Waals surface area (Å²) in [6, 6.07) is 11.5. The Labute approximate surface area is 212 Å². The van der Waals surface area contributed by atoms with Gasteiger partial charge in [0, 0.05) is 37.6 Å². The quantitative estimate of drug-likeness (QED) is 0.652. The Morgan fingerprint density at radius 3 is 2.47 bits per heavy atom. The average Bonchev–Trinajstić information content (AvgIpc) is 3.36. The molecule has 9 heteroatoms. The number of nitrogens with one attached hydrogen (secondary N) is 1. The smallest absolute Gasteiger partial charge is 0.409 e. The van der Waals surface area contributed by atoms with Gasteiger partial charge in [0.05, 0.1) is 38.2 Å². The molecule has 3 aliphatic heterocycles. The highest BCUT2D eigenvalue weighted by molar-refractivity contribution is 5.68. The summed E-state index contributed by atoms with van der Waals surface area (Å²) >= 11 is 0. The van der Waals surface area contributed by atoms with Crippen LogP contribution in [0.4, 0.5) is 9.59 Å². The van der Waals surface area contributed by atoms with E-state index in [1.165, 1.54) is 32.8 Å². The summed E-state index contributed by atoms with van der Waals surface area (Å²) in [6.07, 6.45) is 5.51. The van der Waals surface area contributed by atoms with Crippen LogP contribution >= 0.6 is 0 Å². The van der Waals surface area contributed by atoms with E-state index in [1.54, 1.807) is 4.90 Å². The zero-order valence-corrected chi connectivity index (χ0v) is 21.5. The molecule has 3 aliphatic rings. The van der Waals surface area contributed by atoms with Gasteiger partial charge in [-0.1, -0.05) is 30.3 Å². The predicted octanol–water partition coefficient (Wildman–Crippen LogP) is 3.97. The molecule has 2 bridgehead atoms. The van der Waals surface area contributed by atoms with Crippen molar-refractivity contribution < 1.29 is 19.1 Å². The number of methoxy groups -OCH3 is 2. The van der Waals surface area contributed by atoms with Gasteiger partial charge in [0.1, 0.15) is 5.82 Å². The lowest BCUT2D eigenvalue weighted by Crippen LogP contribution is -2.45. The predicted molar refractivity (Wildman–Crippen MR) is 135 cm³/mol. The van der Waals surface area contributed by atoms with Crippen LogP contribution in [0.15, 0.2) is 30.3 Å². The second kappa shape index (κ2) is 10.5. The van der Waals surface area contributed by atoms with Crippen molar-refractivity contribution >= 4 is 12.2 Å². The van der Waals surface area contributed by atoms with Gasteiger partial charge < -0.3 is 24.3 Å². The fourth-order valence-corrected chi connectivity index (χ4v) is 6.59. The maximum atomic E-state index is 12.2. The molecule has 0 saturated carbocycles. The topological polar surface area (TPSA) is 88.9 Å². The number of carbonyl (C=O) groups excluding carboxylic acids is 2. The van der Waals surface area contributed by atoms with E-state index >= 15 is 0 Å². The first-order valence-corrected chi connectivity index (χ1v) is 13.0. The highest BCUT2D eigenvalue weighted by atomic mass is 16.5. The van der Waals surface area contributed by atoms with Gasteiger partial charge in [-0.15, -0.1) is 0 Å². The molecular weight excluding hydrogens is 458 g/mol. The van der Waals surface area contributed by atoms with E-state index in [4.69, 9.17) is 14.5 Å². The lowest BCUT2D eigenvalue weighted by atomic mass is 9.95. The Hall–Kier alpha value is -3.07. The van der Waals surface area contributed by atoms with E-state index in [0.29, 0.717) is 31.2 Å². The van der Waals surface area contributed by atoms with Gasteiger partial charge in [0.15, 0.2) is 0 Å². The molecule has 1 aromatic carbocycles. The fourth-order valence-electron chi connectivity index (χ4n) is 6.59. The number of ether oxygens (including phenoxy) is 2. The van der Waals surface area contributed by atoms with E-state index in [9.17, 15) is 9.59 Å². The first kappa shape index (κ1) is 24.6. The number of hydrogen-bond donors (Lipinski definition) is 1. The minimum atomic E-state index is -0.396. The van der Waals surface area contributed by atoms with Crippen molar-refractivity contribution in [2.45, 2.75) is 76.2 Å². The maximum absolute atomic E-state index is 12.2. The number of hydrogen-bond acceptors (Lipinski definition) is 6. The molecule has 1 aromatic heterocycles. The number of rotatable bonds is 6. The van der Waals surface area contributed by atoms with Gasteiger partial charge in [-0.05, 0) is 44.6 Å². The van der Waals surface area contributed by atoms with Crippen LogP contribution in [-0.2, 0) is 22.4 Å². The summed E-state index contributed by atoms with van der Waals surface area (Å²) in [7, 11) is 2.85. The van der Waals surface area contributed by atoms with Crippen LogP contribution in [0.25, 0.3) is 0 Å². The summed E-state index contributed by atoms with van der Waals surface area (Å²) < 4.78 is 12.3. The Bertz CT molecular complexity index is 1070. The minimum absolute atomic E-state index is 0.0806. The molecule has 0 radical (unpaired) electrons. The normalized spacial score (nSPS) is 24.2. The van der Waals surface area contributed by atoms with Crippen LogP contribution in [0.1, 0.15) is 67.0 Å². The number of amides is 2. The molecule has 5 rings (SSSR count). The van der Waals surface area contributed by atoms with Gasteiger partial charge >= 0.3 is 12.2 Å². The molecule has 0 spiro atoms. The second-order valence-corrected chi connectivity index (χ2v) is 10.2. The molecule has 2 unspecified atom stereocenters. The number of aromatic nitrogens is 2. The van der Waals surface area contributed by atoms with Crippen LogP contribution < -0.4 is 5.32 Å². The number of benzene rings is 1. The fraction of sp³-hybridized carbons (Fsp3) is 0.593. The monoisotopic (exact) mass is 495 g/mol. The van der Waals surface area contributed by atoms with Gasteiger partial charge in [-0.2, -0.15) is 0 Å². The zero-order chi connectivity index (χ0) is 25.2. The van der Waals surface area contributed by atoms with Crippen molar-refractivity contribution in [2.75, 3.05) is 27.3 Å². The first-order valence-electron chi connectivity index (χ1n) is 13.0. The van der Waals surface area contributed by atoms with Crippen molar-refractivity contribution in [1.82, 2.24) is 24.7 Å². The molecule has 194 valence electrons. The average molecular weight is 496 g/mol. The number of carbonyl (C=O) groups is 2. The number of alkyl carbamates (subject to hydrolysis) is 1. The van der Waals surface area contributed by atoms with Crippen LogP contribution in [0, 0.1) is 6.92 Å². The summed E-state index contributed by atoms with van der Waals surface area (Å²) in [4.78, 5) is 33.5. The van der Waals surface area contributed by atoms with Crippen molar-refractivity contribution in [3.8, 4) is 0 Å². The first-order chi connectivity index (χ1) is 17.5. The standard InChI is InChI=1S/C27H37N5O4/c1-18-28-24-11-13-30(27(34)36-3)17-25(24)32(18)22-15-20-9-10-21(16-22)31(20)14-12-23(29-26(33)35-2)19-7-5-4-6-8-19/h4-8,20-23H,9-17H2,1-3H3,(H,29,33)/t20?,21?,22?,23-/m0/s1. The lowest BCUT2D eigenvalue weighted by molar-refractivity contribution is 0.0956. The number of nitrogens with zero attached hydrogens (tertiary/aromatic N) is 4. The van der Waals surface area contributed by atoms with E-state index in [2.05, 4.69) is 33.8 Å². The maximum Gasteiger partial charge on any atom is 0.409 e. The zero-order valence-electron chi connectivity index (χ0n) is 21.5. The summed E-state index contributed by atoms with van der Waals surface area (Å²) in [6.45, 7) is 4.25. The Balaban J connectivity index is 1.28. The third-order valence-corrected chi connectivity index (χ3v) is 8.24. The SMILES string of the molecule is COC(=O)N[C@@H](CCN1C2CCC1CC(n1c(C)nc3c1CN(C(=O)OC)CC3)C2)c1ccccc1. The summed E-state index contributed by atoms with van der Waals surface area (Å²) in [5.74, 6) is 1.05. The number of aryl methyl sites for hydroxylation is 1. The third-order valence-electron chi connectivity index (χ3n) is 8.24. The van der Waals surface area contributed by atoms with Crippen LogP contribution in [0.3, 0.4) is 0 Å². The molecule has 9 nitrogen and oxygen atoms in total. The second-order valence-electron chi connectivity index (χ2n) is 10.2. The van der Waals surface area contributed by atoms with Gasteiger partial charge in [-0.3, -0.25) is 4.90 Å². The van der Waals surface area contributed by atoms with Crippen molar-refractivity contribution in [3.63, 3.8) is 0 Å². The van der Waals surface area contributed by atoms with E-state index in [-0.39, 0.29) is 12.1 Å². The largest absolute Gasteiger partial charge is 0.453 e. The van der Waals surface area contributed by atoms with Crippen molar-refractivity contribution in [1.29, 1.82) is 0 Å². The molecule has 2 aromatic rings. The minimum Gasteiger partial charge on any atom is -0.453 e. The molecule has 3 atom stereocenters. The van der Waals surface area contributed by atoms with Crippen LogP contribution in [0.2, 0.25) is 0 Å². The highest BCUT2D eigenvalue weighted by Crippen LogP contribution is 2.43. The molecule has 1 N–H and O–H groups in total. The molecule has 2 fully saturated rings. The molecule has 4 heterocycles. The number of piperidine rings is 1. The van der Waals surface area contributed by atoms with Crippen LogP contribution in [-0.4, -0.2) is 70.9 Å². The van der Waals surface area contributed by atoms with Gasteiger partial charge in [0.25, 0.3) is 0 Å². The molecular formula is C27H37N5O4. The van der Waals surface area contributed by atoms with E-state index < -0.39 is 6.09 Å².